The quantitative estimate of drug-likeness (QED) is 0.733. The van der Waals surface area contributed by atoms with Crippen molar-refractivity contribution in [1.29, 1.82) is 0 Å². The second-order valence-electron chi connectivity index (χ2n) is 7.48. The minimum atomic E-state index is -0.471. The number of nitrogens with zero attached hydrogens (tertiary/aromatic N) is 2. The van der Waals surface area contributed by atoms with Crippen molar-refractivity contribution >= 4 is 6.09 Å². The number of rotatable bonds is 8. The number of ether oxygens (including phenoxy) is 2. The van der Waals surface area contributed by atoms with Crippen molar-refractivity contribution in [3.05, 3.63) is 0 Å². The molecule has 1 saturated heterocycles. The number of hydrogen-bond acceptors (Lipinski definition) is 5. The number of likely N-dealkylation sites (tertiary alicyclic amines) is 1. The van der Waals surface area contributed by atoms with E-state index < -0.39 is 5.60 Å². The lowest BCUT2D eigenvalue weighted by Crippen LogP contribution is -2.43. The Bertz CT molecular complexity index is 358. The van der Waals surface area contributed by atoms with E-state index in [1.807, 2.05) is 20.8 Å². The van der Waals surface area contributed by atoms with E-state index >= 15 is 0 Å². The maximum absolute atomic E-state index is 12.3. The van der Waals surface area contributed by atoms with E-state index in [0.717, 1.165) is 19.6 Å². The van der Waals surface area contributed by atoms with Gasteiger partial charge in [0.25, 0.3) is 0 Å². The third kappa shape index (κ3) is 8.85. The lowest BCUT2D eigenvalue weighted by atomic mass is 10.1. The van der Waals surface area contributed by atoms with Crippen molar-refractivity contribution in [1.82, 2.24) is 15.1 Å². The van der Waals surface area contributed by atoms with Crippen LogP contribution in [0.15, 0.2) is 0 Å². The van der Waals surface area contributed by atoms with Gasteiger partial charge in [-0.25, -0.2) is 4.79 Å². The van der Waals surface area contributed by atoms with Crippen LogP contribution in [-0.2, 0) is 9.47 Å². The zero-order chi connectivity index (χ0) is 18.0. The molecule has 0 radical (unpaired) electrons. The second-order valence-corrected chi connectivity index (χ2v) is 7.48. The zero-order valence-electron chi connectivity index (χ0n) is 16.3. The topological polar surface area (TPSA) is 54.0 Å². The molecular weight excluding hydrogens is 306 g/mol. The molecule has 1 N–H and O–H groups in total. The van der Waals surface area contributed by atoms with Gasteiger partial charge >= 0.3 is 6.09 Å². The Balaban J connectivity index is 2.39. The summed E-state index contributed by atoms with van der Waals surface area (Å²) in [4.78, 5) is 16.5. The average Bonchev–Trinajstić information content (AvgIpc) is 2.74. The molecule has 0 aromatic heterocycles. The molecule has 24 heavy (non-hydrogen) atoms. The number of methoxy groups -OCH3 is 1. The molecule has 0 aromatic carbocycles. The largest absolute Gasteiger partial charge is 0.444 e. The number of carbonyl (C=O) groups is 1. The Labute approximate surface area is 147 Å². The number of hydrogen-bond donors (Lipinski definition) is 1. The molecule has 1 aliphatic rings. The summed E-state index contributed by atoms with van der Waals surface area (Å²) in [5.74, 6) is 0. The van der Waals surface area contributed by atoms with Crippen molar-refractivity contribution in [2.45, 2.75) is 58.6 Å². The molecule has 0 spiro atoms. The molecular formula is C18H37N3O3. The lowest BCUT2D eigenvalue weighted by Gasteiger charge is -2.28. The first-order valence-corrected chi connectivity index (χ1v) is 9.28. The van der Waals surface area contributed by atoms with Gasteiger partial charge in [-0.15, -0.1) is 0 Å². The Kier molecular flexibility index (Phi) is 9.63. The van der Waals surface area contributed by atoms with Crippen molar-refractivity contribution in [2.75, 3.05) is 53.0 Å². The van der Waals surface area contributed by atoms with Crippen LogP contribution < -0.4 is 5.32 Å². The number of carbonyl (C=O) groups excluding carboxylic acids is 1. The molecule has 1 heterocycles. The highest BCUT2D eigenvalue weighted by molar-refractivity contribution is 5.68. The second kappa shape index (κ2) is 10.9. The minimum Gasteiger partial charge on any atom is -0.444 e. The van der Waals surface area contributed by atoms with Crippen LogP contribution in [0.2, 0.25) is 0 Å². The predicted octanol–water partition coefficient (Wildman–Crippen LogP) is 2.33. The van der Waals surface area contributed by atoms with E-state index in [2.05, 4.69) is 17.1 Å². The van der Waals surface area contributed by atoms with Crippen LogP contribution in [0.4, 0.5) is 4.79 Å². The molecule has 1 fully saturated rings. The maximum Gasteiger partial charge on any atom is 0.410 e. The summed E-state index contributed by atoms with van der Waals surface area (Å²) in [6, 6.07) is 0.546. The average molecular weight is 344 g/mol. The van der Waals surface area contributed by atoms with Gasteiger partial charge in [0.15, 0.2) is 0 Å². The summed E-state index contributed by atoms with van der Waals surface area (Å²) in [6.45, 7) is 13.9. The summed E-state index contributed by atoms with van der Waals surface area (Å²) in [5, 5.41) is 3.61. The molecule has 1 rings (SSSR count). The molecule has 0 aromatic rings. The van der Waals surface area contributed by atoms with E-state index in [1.54, 1.807) is 12.0 Å². The third-order valence-corrected chi connectivity index (χ3v) is 4.30. The Morgan fingerprint density at radius 2 is 2.00 bits per heavy atom. The van der Waals surface area contributed by atoms with Gasteiger partial charge in [0.05, 0.1) is 6.61 Å². The van der Waals surface area contributed by atoms with Crippen molar-refractivity contribution < 1.29 is 14.3 Å². The Morgan fingerprint density at radius 3 is 2.62 bits per heavy atom. The fraction of sp³-hybridized carbons (Fsp3) is 0.944. The van der Waals surface area contributed by atoms with Crippen LogP contribution >= 0.6 is 0 Å². The van der Waals surface area contributed by atoms with Gasteiger partial charge in [-0.3, -0.25) is 0 Å². The van der Waals surface area contributed by atoms with Gasteiger partial charge in [0.2, 0.25) is 0 Å². The Morgan fingerprint density at radius 1 is 1.25 bits per heavy atom. The first-order chi connectivity index (χ1) is 11.4. The molecule has 142 valence electrons. The van der Waals surface area contributed by atoms with Gasteiger partial charge < -0.3 is 24.6 Å². The molecule has 6 heteroatoms. The van der Waals surface area contributed by atoms with Crippen LogP contribution in [0.3, 0.4) is 0 Å². The van der Waals surface area contributed by atoms with Gasteiger partial charge in [-0.2, -0.15) is 0 Å². The highest BCUT2D eigenvalue weighted by Gasteiger charge is 2.22. The van der Waals surface area contributed by atoms with Gasteiger partial charge in [-0.05, 0) is 59.7 Å². The van der Waals surface area contributed by atoms with Crippen LogP contribution in [0.25, 0.3) is 0 Å². The molecule has 0 aliphatic carbocycles. The summed E-state index contributed by atoms with van der Waals surface area (Å²) in [7, 11) is 1.65. The van der Waals surface area contributed by atoms with E-state index in [1.165, 1.54) is 25.8 Å². The molecule has 1 unspecified atom stereocenters. The number of amides is 1. The molecule has 1 amide bonds. The first-order valence-electron chi connectivity index (χ1n) is 9.28. The fourth-order valence-electron chi connectivity index (χ4n) is 2.90. The van der Waals surface area contributed by atoms with E-state index in [-0.39, 0.29) is 6.09 Å². The van der Waals surface area contributed by atoms with Crippen molar-refractivity contribution in [3.8, 4) is 0 Å². The monoisotopic (exact) mass is 343 g/mol. The van der Waals surface area contributed by atoms with Crippen molar-refractivity contribution in [3.63, 3.8) is 0 Å². The Hall–Kier alpha value is -0.850. The van der Waals surface area contributed by atoms with Gasteiger partial charge in [0.1, 0.15) is 5.60 Å². The van der Waals surface area contributed by atoms with E-state index in [4.69, 9.17) is 9.47 Å². The van der Waals surface area contributed by atoms with E-state index in [0.29, 0.717) is 25.7 Å². The zero-order valence-corrected chi connectivity index (χ0v) is 16.3. The summed E-state index contributed by atoms with van der Waals surface area (Å²) < 4.78 is 10.6. The minimum absolute atomic E-state index is 0.264. The van der Waals surface area contributed by atoms with E-state index in [9.17, 15) is 4.79 Å². The molecule has 1 atom stereocenters. The van der Waals surface area contributed by atoms with Gasteiger partial charge in [0, 0.05) is 32.8 Å². The highest BCUT2D eigenvalue weighted by atomic mass is 16.6. The smallest absolute Gasteiger partial charge is 0.410 e. The molecule has 1 aliphatic heterocycles. The summed E-state index contributed by atoms with van der Waals surface area (Å²) in [6.07, 6.45) is 3.36. The van der Waals surface area contributed by atoms with Crippen LogP contribution in [0.1, 0.15) is 47.0 Å². The van der Waals surface area contributed by atoms with Crippen LogP contribution in [-0.4, -0.2) is 80.5 Å². The normalized spacial score (nSPS) is 19.8. The highest BCUT2D eigenvalue weighted by Crippen LogP contribution is 2.12. The molecule has 0 bridgehead atoms. The number of nitrogens with one attached hydrogen (secondary N) is 1. The van der Waals surface area contributed by atoms with Gasteiger partial charge in [-0.1, -0.05) is 6.92 Å². The fourth-order valence-corrected chi connectivity index (χ4v) is 2.90. The lowest BCUT2D eigenvalue weighted by molar-refractivity contribution is 0.0202. The SMILES string of the molecule is CCN1CCCC(NCCN(CCOC)C(=O)OC(C)(C)C)CC1. The summed E-state index contributed by atoms with van der Waals surface area (Å²) >= 11 is 0. The molecule has 0 saturated carbocycles. The van der Waals surface area contributed by atoms with Crippen molar-refractivity contribution in [2.24, 2.45) is 0 Å². The predicted molar refractivity (Wildman–Crippen MR) is 97.4 cm³/mol. The first kappa shape index (κ1) is 21.2. The third-order valence-electron chi connectivity index (χ3n) is 4.30. The molecule has 6 nitrogen and oxygen atoms in total. The van der Waals surface area contributed by atoms with Crippen LogP contribution in [0.5, 0.6) is 0 Å². The standard InChI is InChI=1S/C18H37N3O3/c1-6-20-11-7-8-16(9-12-20)19-10-13-21(14-15-23-5)17(22)24-18(2,3)4/h16,19H,6-15H2,1-5H3. The van der Waals surface area contributed by atoms with Crippen LogP contribution in [0, 0.1) is 0 Å². The maximum atomic E-state index is 12.3. The summed E-state index contributed by atoms with van der Waals surface area (Å²) in [5.41, 5.74) is -0.471.